The average molecular weight is 469 g/mol. The Morgan fingerprint density at radius 1 is 1.24 bits per heavy atom. The molecule has 1 saturated carbocycles. The van der Waals surface area contributed by atoms with E-state index in [2.05, 4.69) is 47.6 Å². The summed E-state index contributed by atoms with van der Waals surface area (Å²) in [5, 5.41) is 12.6. The number of carbonyl (C=O) groups is 1. The predicted octanol–water partition coefficient (Wildman–Crippen LogP) is 3.55. The molecule has 0 bridgehead atoms. The van der Waals surface area contributed by atoms with Crippen LogP contribution in [0, 0.1) is 3.57 Å². The lowest BCUT2D eigenvalue weighted by molar-refractivity contribution is -0.113. The molecule has 1 aliphatic heterocycles. The van der Waals surface area contributed by atoms with Crippen molar-refractivity contribution in [3.05, 3.63) is 27.8 Å². The Morgan fingerprint density at radius 3 is 2.72 bits per heavy atom. The number of rotatable bonds is 6. The molecule has 1 N–H and O–H groups in total. The zero-order chi connectivity index (χ0) is 17.2. The van der Waals surface area contributed by atoms with Crippen LogP contribution in [-0.4, -0.2) is 39.5 Å². The van der Waals surface area contributed by atoms with Gasteiger partial charge in [-0.2, -0.15) is 0 Å². The Hall–Kier alpha value is -1.29. The number of nitrogens with one attached hydrogen (secondary N) is 1. The van der Waals surface area contributed by atoms with E-state index in [-0.39, 0.29) is 5.91 Å². The van der Waals surface area contributed by atoms with Crippen molar-refractivity contribution < 1.29 is 4.79 Å². The largest absolute Gasteiger partial charge is 0.341 e. The summed E-state index contributed by atoms with van der Waals surface area (Å²) in [6, 6.07) is 8.30. The van der Waals surface area contributed by atoms with Crippen LogP contribution < -0.4 is 10.2 Å². The highest BCUT2D eigenvalue weighted by molar-refractivity contribution is 14.1. The van der Waals surface area contributed by atoms with Gasteiger partial charge < -0.3 is 10.2 Å². The summed E-state index contributed by atoms with van der Waals surface area (Å²) in [6.45, 7) is 2.12. The number of hydrogen-bond acceptors (Lipinski definition) is 5. The molecular weight excluding hydrogens is 449 g/mol. The molecule has 1 saturated heterocycles. The molecule has 2 aromatic rings. The number of anilines is 2. The Kier molecular flexibility index (Phi) is 5.16. The predicted molar refractivity (Wildman–Crippen MR) is 108 cm³/mol. The van der Waals surface area contributed by atoms with Crippen molar-refractivity contribution in [3.63, 3.8) is 0 Å². The fraction of sp³-hybridized carbons (Fsp3) is 0.471. The van der Waals surface area contributed by atoms with Crippen molar-refractivity contribution in [1.82, 2.24) is 14.8 Å². The smallest absolute Gasteiger partial charge is 0.234 e. The minimum atomic E-state index is -0.0119. The lowest BCUT2D eigenvalue weighted by atomic mass is 10.3. The Morgan fingerprint density at radius 2 is 2.00 bits per heavy atom. The van der Waals surface area contributed by atoms with Crippen LogP contribution in [0.25, 0.3) is 0 Å². The third kappa shape index (κ3) is 3.94. The number of thioether (sulfide) groups is 1. The van der Waals surface area contributed by atoms with Gasteiger partial charge in [-0.05, 0) is 60.4 Å². The molecule has 2 heterocycles. The minimum Gasteiger partial charge on any atom is -0.341 e. The first-order valence-corrected chi connectivity index (χ1v) is 10.7. The normalized spacial score (nSPS) is 17.1. The topological polar surface area (TPSA) is 63.1 Å². The van der Waals surface area contributed by atoms with Gasteiger partial charge in [0.15, 0.2) is 5.16 Å². The van der Waals surface area contributed by atoms with Crippen molar-refractivity contribution in [2.75, 3.05) is 29.1 Å². The molecule has 1 amide bonds. The van der Waals surface area contributed by atoms with Gasteiger partial charge >= 0.3 is 0 Å². The van der Waals surface area contributed by atoms with Gasteiger partial charge in [0.05, 0.1) is 11.4 Å². The van der Waals surface area contributed by atoms with Gasteiger partial charge in [-0.1, -0.05) is 23.9 Å². The van der Waals surface area contributed by atoms with E-state index in [1.54, 1.807) is 0 Å². The molecule has 132 valence electrons. The van der Waals surface area contributed by atoms with Crippen LogP contribution in [0.3, 0.4) is 0 Å². The average Bonchev–Trinajstić information content (AvgIpc) is 3.13. The SMILES string of the molecule is O=C(CSc1nnc(N2CCCC2)n1C1CC1)Nc1ccccc1I. The third-order valence-electron chi connectivity index (χ3n) is 4.43. The maximum Gasteiger partial charge on any atom is 0.234 e. The lowest BCUT2D eigenvalue weighted by Crippen LogP contribution is -2.22. The molecule has 25 heavy (non-hydrogen) atoms. The van der Waals surface area contributed by atoms with Crippen LogP contribution in [0.5, 0.6) is 0 Å². The van der Waals surface area contributed by atoms with Crippen molar-refractivity contribution in [2.45, 2.75) is 36.9 Å². The van der Waals surface area contributed by atoms with E-state index in [0.29, 0.717) is 11.8 Å². The van der Waals surface area contributed by atoms with Crippen LogP contribution >= 0.6 is 34.4 Å². The molecule has 0 unspecified atom stereocenters. The number of nitrogens with zero attached hydrogens (tertiary/aromatic N) is 4. The van der Waals surface area contributed by atoms with Gasteiger partial charge in [-0.25, -0.2) is 0 Å². The van der Waals surface area contributed by atoms with Crippen LogP contribution in [-0.2, 0) is 4.79 Å². The molecule has 1 aromatic carbocycles. The van der Waals surface area contributed by atoms with Crippen LogP contribution in [0.4, 0.5) is 11.6 Å². The van der Waals surface area contributed by atoms with Crippen LogP contribution in [0.1, 0.15) is 31.7 Å². The Labute approximate surface area is 164 Å². The Bertz CT molecular complexity index is 770. The summed E-state index contributed by atoms with van der Waals surface area (Å²) in [7, 11) is 0. The van der Waals surface area contributed by atoms with Gasteiger partial charge in [-0.3, -0.25) is 9.36 Å². The Balaban J connectivity index is 1.42. The number of para-hydroxylation sites is 1. The fourth-order valence-electron chi connectivity index (χ4n) is 3.03. The molecule has 0 spiro atoms. The fourth-order valence-corrected chi connectivity index (χ4v) is 4.35. The summed E-state index contributed by atoms with van der Waals surface area (Å²) < 4.78 is 3.28. The van der Waals surface area contributed by atoms with Gasteiger partial charge in [0.1, 0.15) is 0 Å². The first kappa shape index (κ1) is 17.1. The number of hydrogen-bond donors (Lipinski definition) is 1. The quantitative estimate of drug-likeness (QED) is 0.518. The number of aromatic nitrogens is 3. The molecule has 6 nitrogen and oxygen atoms in total. The maximum absolute atomic E-state index is 12.3. The molecule has 1 aromatic heterocycles. The van der Waals surface area contributed by atoms with Gasteiger partial charge in [-0.15, -0.1) is 10.2 Å². The highest BCUT2D eigenvalue weighted by Gasteiger charge is 2.32. The zero-order valence-electron chi connectivity index (χ0n) is 13.8. The van der Waals surface area contributed by atoms with Crippen molar-refractivity contribution >= 4 is 51.9 Å². The van der Waals surface area contributed by atoms with Crippen molar-refractivity contribution in [3.8, 4) is 0 Å². The van der Waals surface area contributed by atoms with E-state index in [9.17, 15) is 4.79 Å². The summed E-state index contributed by atoms with van der Waals surface area (Å²) in [6.07, 6.45) is 4.80. The van der Waals surface area contributed by atoms with E-state index in [1.807, 2.05) is 24.3 Å². The summed E-state index contributed by atoms with van der Waals surface area (Å²) >= 11 is 3.70. The van der Waals surface area contributed by atoms with Crippen molar-refractivity contribution in [2.24, 2.45) is 0 Å². The van der Waals surface area contributed by atoms with E-state index < -0.39 is 0 Å². The second-order valence-corrected chi connectivity index (χ2v) is 8.50. The zero-order valence-corrected chi connectivity index (χ0v) is 16.8. The van der Waals surface area contributed by atoms with Crippen LogP contribution in [0.15, 0.2) is 29.4 Å². The second kappa shape index (κ2) is 7.53. The number of benzene rings is 1. The third-order valence-corrected chi connectivity index (χ3v) is 6.31. The lowest BCUT2D eigenvalue weighted by Gasteiger charge is -2.17. The summed E-state index contributed by atoms with van der Waals surface area (Å²) in [5.74, 6) is 1.32. The van der Waals surface area contributed by atoms with Gasteiger partial charge in [0.2, 0.25) is 11.9 Å². The highest BCUT2D eigenvalue weighted by Crippen LogP contribution is 2.41. The molecule has 8 heteroatoms. The molecule has 2 aliphatic rings. The standard InChI is InChI=1S/C17H20IN5OS/c18-13-5-1-2-6-14(13)19-15(24)11-25-17-21-20-16(22-9-3-4-10-22)23(17)12-7-8-12/h1-2,5-6,12H,3-4,7-11H2,(H,19,24). The minimum absolute atomic E-state index is 0.0119. The second-order valence-electron chi connectivity index (χ2n) is 6.39. The first-order chi connectivity index (χ1) is 12.2. The van der Waals surface area contributed by atoms with E-state index in [4.69, 9.17) is 0 Å². The molecule has 4 rings (SSSR count). The molecule has 2 fully saturated rings. The first-order valence-electron chi connectivity index (χ1n) is 8.59. The number of amides is 1. The molecular formula is C17H20IN5OS. The van der Waals surface area contributed by atoms with Gasteiger partial charge in [0.25, 0.3) is 0 Å². The maximum atomic E-state index is 12.3. The van der Waals surface area contributed by atoms with E-state index in [1.165, 1.54) is 37.4 Å². The molecule has 0 radical (unpaired) electrons. The van der Waals surface area contributed by atoms with E-state index in [0.717, 1.165) is 33.5 Å². The van der Waals surface area contributed by atoms with Gasteiger partial charge in [0, 0.05) is 22.7 Å². The van der Waals surface area contributed by atoms with E-state index >= 15 is 0 Å². The number of carbonyl (C=O) groups excluding carboxylic acids is 1. The van der Waals surface area contributed by atoms with Crippen molar-refractivity contribution in [1.29, 1.82) is 0 Å². The monoisotopic (exact) mass is 469 g/mol. The number of halogens is 1. The van der Waals surface area contributed by atoms with Crippen LogP contribution in [0.2, 0.25) is 0 Å². The highest BCUT2D eigenvalue weighted by atomic mass is 127. The molecule has 0 atom stereocenters. The summed E-state index contributed by atoms with van der Waals surface area (Å²) in [4.78, 5) is 14.6. The summed E-state index contributed by atoms with van der Waals surface area (Å²) in [5.41, 5.74) is 0.857. The molecule has 1 aliphatic carbocycles.